The normalized spacial score (nSPS) is 11.8. The summed E-state index contributed by atoms with van der Waals surface area (Å²) in [5.41, 5.74) is 0. The predicted octanol–water partition coefficient (Wildman–Crippen LogP) is 11.3. The predicted molar refractivity (Wildman–Crippen MR) is 218 cm³/mol. The minimum Gasteiger partial charge on any atom is -0.450 e. The van der Waals surface area contributed by atoms with Gasteiger partial charge in [0.2, 0.25) is 5.91 Å². The van der Waals surface area contributed by atoms with Crippen molar-refractivity contribution in [2.45, 2.75) is 225 Å². The lowest BCUT2D eigenvalue weighted by Crippen LogP contribution is -2.46. The molecule has 0 aromatic rings. The summed E-state index contributed by atoms with van der Waals surface area (Å²) in [6.07, 6.45) is 37.9. The summed E-state index contributed by atoms with van der Waals surface area (Å²) in [4.78, 5) is 38.1. The van der Waals surface area contributed by atoms with Gasteiger partial charge in [-0.25, -0.2) is 0 Å². The van der Waals surface area contributed by atoms with E-state index in [2.05, 4.69) is 24.5 Å². The lowest BCUT2D eigenvalue weighted by Gasteiger charge is -2.18. The Morgan fingerprint density at radius 1 is 0.462 bits per heavy atom. The van der Waals surface area contributed by atoms with Gasteiger partial charge in [0.15, 0.2) is 6.10 Å². The van der Waals surface area contributed by atoms with E-state index in [1.165, 1.54) is 154 Å². The molecule has 0 heterocycles. The zero-order chi connectivity index (χ0) is 38.0. The van der Waals surface area contributed by atoms with Gasteiger partial charge in [-0.1, -0.05) is 194 Å². The molecule has 0 aliphatic rings. The maximum absolute atomic E-state index is 12.9. The van der Waals surface area contributed by atoms with E-state index in [-0.39, 0.29) is 24.8 Å². The molecule has 0 aromatic heterocycles. The second kappa shape index (κ2) is 42.1. The van der Waals surface area contributed by atoms with E-state index in [0.29, 0.717) is 32.8 Å². The molecule has 0 aliphatic heterocycles. The highest BCUT2D eigenvalue weighted by Gasteiger charge is 2.23. The third-order valence-corrected chi connectivity index (χ3v) is 10.0. The van der Waals surface area contributed by atoms with Crippen LogP contribution in [0.15, 0.2) is 0 Å². The average molecular weight is 739 g/mol. The fraction of sp³-hybridized carbons (Fsp3) is 0.932. The lowest BCUT2D eigenvalue weighted by atomic mass is 10.0. The highest BCUT2D eigenvalue weighted by molar-refractivity contribution is 5.85. The first kappa shape index (κ1) is 50.3. The zero-order valence-corrected chi connectivity index (χ0v) is 34.7. The maximum Gasteiger partial charge on any atom is 0.306 e. The number of nitrogens with one attached hydrogen (secondary N) is 2. The van der Waals surface area contributed by atoms with Gasteiger partial charge in [-0.2, -0.15) is 0 Å². The molecule has 0 radical (unpaired) electrons. The van der Waals surface area contributed by atoms with Crippen molar-refractivity contribution in [2.75, 3.05) is 40.0 Å². The smallest absolute Gasteiger partial charge is 0.306 e. The van der Waals surface area contributed by atoms with Crippen LogP contribution in [-0.2, 0) is 28.6 Å². The number of amides is 2. The van der Waals surface area contributed by atoms with Crippen molar-refractivity contribution in [3.05, 3.63) is 0 Å². The molecule has 2 amide bonds. The molecule has 0 spiro atoms. The van der Waals surface area contributed by atoms with Gasteiger partial charge in [0.1, 0.15) is 0 Å². The van der Waals surface area contributed by atoms with Crippen molar-refractivity contribution in [1.29, 1.82) is 0 Å². The summed E-state index contributed by atoms with van der Waals surface area (Å²) in [5.74, 6) is -0.899. The van der Waals surface area contributed by atoms with Gasteiger partial charge < -0.3 is 24.8 Å². The molecule has 1 atom stereocenters. The SMILES string of the molecule is CCCCCCCCCCCCCCCCCC(=O)NCC(OC(=O)CCCCCCCCCCCCCCCCC)C(=O)NCCOCCOC. The van der Waals surface area contributed by atoms with Crippen LogP contribution in [0.5, 0.6) is 0 Å². The highest BCUT2D eigenvalue weighted by Crippen LogP contribution is 2.15. The molecular weight excluding hydrogens is 652 g/mol. The van der Waals surface area contributed by atoms with Crippen LogP contribution in [0.2, 0.25) is 0 Å². The molecule has 0 aliphatic carbocycles. The van der Waals surface area contributed by atoms with Crippen molar-refractivity contribution in [3.8, 4) is 0 Å². The Bertz CT molecular complexity index is 780. The molecule has 1 unspecified atom stereocenters. The molecule has 0 saturated heterocycles. The van der Waals surface area contributed by atoms with Crippen molar-refractivity contribution >= 4 is 17.8 Å². The number of carbonyl (C=O) groups excluding carboxylic acids is 3. The molecule has 52 heavy (non-hydrogen) atoms. The first-order chi connectivity index (χ1) is 25.5. The van der Waals surface area contributed by atoms with Crippen LogP contribution in [-0.4, -0.2) is 63.9 Å². The molecule has 2 N–H and O–H groups in total. The van der Waals surface area contributed by atoms with E-state index in [1.54, 1.807) is 7.11 Å². The molecule has 8 heteroatoms. The van der Waals surface area contributed by atoms with E-state index >= 15 is 0 Å². The Kier molecular flexibility index (Phi) is 40.7. The van der Waals surface area contributed by atoms with Gasteiger partial charge >= 0.3 is 5.97 Å². The Balaban J connectivity index is 4.13. The second-order valence-corrected chi connectivity index (χ2v) is 15.1. The Morgan fingerprint density at radius 3 is 1.25 bits per heavy atom. The number of hydrogen-bond acceptors (Lipinski definition) is 6. The van der Waals surface area contributed by atoms with E-state index in [0.717, 1.165) is 38.5 Å². The van der Waals surface area contributed by atoms with Gasteiger partial charge in [-0.05, 0) is 12.8 Å². The minimum absolute atomic E-state index is 0.0153. The molecule has 0 saturated carbocycles. The van der Waals surface area contributed by atoms with Crippen molar-refractivity contribution in [3.63, 3.8) is 0 Å². The van der Waals surface area contributed by atoms with Crippen LogP contribution >= 0.6 is 0 Å². The number of esters is 1. The topological polar surface area (TPSA) is 103 Å². The van der Waals surface area contributed by atoms with Gasteiger partial charge in [-0.3, -0.25) is 14.4 Å². The number of hydrogen-bond donors (Lipinski definition) is 2. The third kappa shape index (κ3) is 38.1. The molecule has 0 rings (SSSR count). The van der Waals surface area contributed by atoms with E-state index in [1.807, 2.05) is 0 Å². The number of carbonyl (C=O) groups is 3. The monoisotopic (exact) mass is 739 g/mol. The Morgan fingerprint density at radius 2 is 0.846 bits per heavy atom. The lowest BCUT2D eigenvalue weighted by molar-refractivity contribution is -0.156. The standard InChI is InChI=1S/C44H86N2O6/c1-4-6-8-10-12-14-16-18-20-22-24-26-28-30-32-34-42(47)46-40-41(44(49)45-36-37-51-39-38-50-3)52-43(48)35-33-31-29-27-25-23-21-19-17-15-13-11-9-7-5-2/h41H,4-40H2,1-3H3,(H,45,49)(H,46,47). The first-order valence-electron chi connectivity index (χ1n) is 22.4. The number of rotatable bonds is 42. The fourth-order valence-electron chi connectivity index (χ4n) is 6.60. The number of unbranched alkanes of at least 4 members (excludes halogenated alkanes) is 28. The van der Waals surface area contributed by atoms with Crippen molar-refractivity contribution in [2.24, 2.45) is 0 Å². The van der Waals surface area contributed by atoms with E-state index in [4.69, 9.17) is 14.2 Å². The quantitative estimate of drug-likeness (QED) is 0.0477. The van der Waals surface area contributed by atoms with Gasteiger partial charge in [-0.15, -0.1) is 0 Å². The van der Waals surface area contributed by atoms with Crippen molar-refractivity contribution < 1.29 is 28.6 Å². The Hall–Kier alpha value is -1.67. The number of methoxy groups -OCH3 is 1. The van der Waals surface area contributed by atoms with Crippen LogP contribution in [0.1, 0.15) is 219 Å². The molecular formula is C44H86N2O6. The van der Waals surface area contributed by atoms with E-state index in [9.17, 15) is 14.4 Å². The highest BCUT2D eigenvalue weighted by atomic mass is 16.5. The Labute approximate surface area is 321 Å². The summed E-state index contributed by atoms with van der Waals surface area (Å²) >= 11 is 0. The van der Waals surface area contributed by atoms with Crippen LogP contribution < -0.4 is 10.6 Å². The average Bonchev–Trinajstić information content (AvgIpc) is 3.14. The molecule has 308 valence electrons. The molecule has 0 fully saturated rings. The van der Waals surface area contributed by atoms with Crippen LogP contribution in [0.4, 0.5) is 0 Å². The van der Waals surface area contributed by atoms with E-state index < -0.39 is 12.0 Å². The van der Waals surface area contributed by atoms with Gasteiger partial charge in [0.05, 0.1) is 26.4 Å². The second-order valence-electron chi connectivity index (χ2n) is 15.1. The van der Waals surface area contributed by atoms with Gasteiger partial charge in [0.25, 0.3) is 5.91 Å². The van der Waals surface area contributed by atoms with Crippen LogP contribution in [0.3, 0.4) is 0 Å². The fourth-order valence-corrected chi connectivity index (χ4v) is 6.60. The number of ether oxygens (including phenoxy) is 3. The largest absolute Gasteiger partial charge is 0.450 e. The summed E-state index contributed by atoms with van der Waals surface area (Å²) in [7, 11) is 1.61. The maximum atomic E-state index is 12.9. The molecule has 0 aromatic carbocycles. The molecule has 0 bridgehead atoms. The summed E-state index contributed by atoms with van der Waals surface area (Å²) in [5, 5.41) is 5.61. The minimum atomic E-state index is -1.05. The van der Waals surface area contributed by atoms with Crippen LogP contribution in [0, 0.1) is 0 Å². The third-order valence-electron chi connectivity index (χ3n) is 10.0. The van der Waals surface area contributed by atoms with Crippen molar-refractivity contribution in [1.82, 2.24) is 10.6 Å². The summed E-state index contributed by atoms with van der Waals surface area (Å²) in [6.45, 7) is 6.08. The van der Waals surface area contributed by atoms with Gasteiger partial charge in [0, 0.05) is 26.5 Å². The summed E-state index contributed by atoms with van der Waals surface area (Å²) < 4.78 is 16.0. The zero-order valence-electron chi connectivity index (χ0n) is 34.7. The van der Waals surface area contributed by atoms with Crippen LogP contribution in [0.25, 0.3) is 0 Å². The summed E-state index contributed by atoms with van der Waals surface area (Å²) in [6, 6.07) is 0. The first-order valence-corrected chi connectivity index (χ1v) is 22.4. The molecule has 8 nitrogen and oxygen atoms in total.